The zero-order chi connectivity index (χ0) is 21.7. The van der Waals surface area contributed by atoms with Gasteiger partial charge in [-0.05, 0) is 52.3 Å². The lowest BCUT2D eigenvalue weighted by Crippen LogP contribution is -2.12. The normalized spacial score (nSPS) is 13.4. The number of carbonyl (C=O) groups is 1. The Labute approximate surface area is 170 Å². The highest BCUT2D eigenvalue weighted by Crippen LogP contribution is 2.35. The molecule has 5 heteroatoms. The van der Waals surface area contributed by atoms with Crippen LogP contribution in [0.4, 0.5) is 0 Å². The molecule has 0 spiro atoms. The van der Waals surface area contributed by atoms with Gasteiger partial charge >= 0.3 is 5.63 Å². The van der Waals surface area contributed by atoms with Crippen molar-refractivity contribution in [1.29, 1.82) is 0 Å². The van der Waals surface area contributed by atoms with Crippen molar-refractivity contribution in [1.82, 2.24) is 0 Å². The van der Waals surface area contributed by atoms with E-state index >= 15 is 0 Å². The third kappa shape index (κ3) is 5.70. The second-order valence-electron chi connectivity index (χ2n) is 7.65. The number of carbonyl (C=O) groups excluding carboxylic acids is 1. The number of hydrogen-bond acceptors (Lipinski definition) is 5. The molecule has 0 aliphatic rings. The van der Waals surface area contributed by atoms with E-state index in [0.717, 1.165) is 16.7 Å². The molecule has 2 N–H and O–H groups in total. The van der Waals surface area contributed by atoms with Crippen molar-refractivity contribution in [2.45, 2.75) is 53.4 Å². The topological polar surface area (TPSA) is 87.7 Å². The van der Waals surface area contributed by atoms with Crippen LogP contribution in [0.5, 0.6) is 11.5 Å². The molecule has 1 aromatic heterocycles. The fourth-order valence-corrected chi connectivity index (χ4v) is 3.14. The number of phenolic OH excluding ortho intramolecular Hbond substituents is 1. The molecule has 1 atom stereocenters. The predicted octanol–water partition coefficient (Wildman–Crippen LogP) is 5.52. The first kappa shape index (κ1) is 22.2. The quantitative estimate of drug-likeness (QED) is 0.366. The average Bonchev–Trinajstić information content (AvgIpc) is 2.60. The lowest BCUT2D eigenvalue weighted by atomic mass is 9.92. The molecule has 0 fully saturated rings. The van der Waals surface area contributed by atoms with Crippen molar-refractivity contribution in [3.05, 3.63) is 69.1 Å². The number of benzene rings is 1. The molecule has 0 radical (unpaired) electrons. The Morgan fingerprint density at radius 1 is 1.14 bits per heavy atom. The molecule has 0 aliphatic carbocycles. The first-order chi connectivity index (χ1) is 13.6. The number of allylic oxidation sites excluding steroid dienone is 6. The number of rotatable bonds is 7. The summed E-state index contributed by atoms with van der Waals surface area (Å²) in [6.45, 7) is 9.43. The number of hydrogen-bond donors (Lipinski definition) is 2. The van der Waals surface area contributed by atoms with Crippen LogP contribution in [0.15, 0.2) is 62.4 Å². The van der Waals surface area contributed by atoms with Gasteiger partial charge in [0.1, 0.15) is 17.1 Å². The maximum atomic E-state index is 12.4. The van der Waals surface area contributed by atoms with Crippen molar-refractivity contribution >= 4 is 16.8 Å². The van der Waals surface area contributed by atoms with E-state index in [9.17, 15) is 19.8 Å². The Morgan fingerprint density at radius 3 is 2.48 bits per heavy atom. The highest BCUT2D eigenvalue weighted by Gasteiger charge is 2.21. The fraction of sp³-hybridized carbons (Fsp3) is 0.333. The highest BCUT2D eigenvalue weighted by atomic mass is 16.4. The van der Waals surface area contributed by atoms with Gasteiger partial charge in [0.2, 0.25) is 0 Å². The highest BCUT2D eigenvalue weighted by molar-refractivity contribution is 5.91. The van der Waals surface area contributed by atoms with Crippen molar-refractivity contribution < 1.29 is 19.4 Å². The molecule has 1 heterocycles. The average molecular weight is 396 g/mol. The summed E-state index contributed by atoms with van der Waals surface area (Å²) >= 11 is 0. The molecule has 5 nitrogen and oxygen atoms in total. The van der Waals surface area contributed by atoms with Gasteiger partial charge in [0, 0.05) is 18.4 Å². The van der Waals surface area contributed by atoms with Crippen molar-refractivity contribution in [3.63, 3.8) is 0 Å². The van der Waals surface area contributed by atoms with Crippen molar-refractivity contribution in [2.75, 3.05) is 0 Å². The molecule has 0 saturated heterocycles. The third-order valence-electron chi connectivity index (χ3n) is 4.82. The van der Waals surface area contributed by atoms with Gasteiger partial charge in [0.15, 0.2) is 5.78 Å². The second-order valence-corrected chi connectivity index (χ2v) is 7.65. The third-order valence-corrected chi connectivity index (χ3v) is 4.82. The van der Waals surface area contributed by atoms with E-state index < -0.39 is 5.63 Å². The van der Waals surface area contributed by atoms with E-state index in [1.54, 1.807) is 6.08 Å². The largest absolute Gasteiger partial charge is 0.508 e. The van der Waals surface area contributed by atoms with Gasteiger partial charge in [0.25, 0.3) is 0 Å². The van der Waals surface area contributed by atoms with Crippen LogP contribution in [0.3, 0.4) is 0 Å². The molecule has 2 aromatic rings. The number of fused-ring (bicyclic) bond motifs is 1. The minimum absolute atomic E-state index is 0.0397. The molecular formula is C24H28O5. The summed E-state index contributed by atoms with van der Waals surface area (Å²) in [4.78, 5) is 24.2. The van der Waals surface area contributed by atoms with E-state index in [1.807, 2.05) is 46.8 Å². The second kappa shape index (κ2) is 9.41. The maximum Gasteiger partial charge on any atom is 0.343 e. The number of ketones is 1. The molecule has 29 heavy (non-hydrogen) atoms. The zero-order valence-corrected chi connectivity index (χ0v) is 17.6. The van der Waals surface area contributed by atoms with Crippen molar-refractivity contribution in [2.24, 2.45) is 0 Å². The van der Waals surface area contributed by atoms with E-state index in [4.69, 9.17) is 4.42 Å². The van der Waals surface area contributed by atoms with Gasteiger partial charge < -0.3 is 14.6 Å². The summed E-state index contributed by atoms with van der Waals surface area (Å²) in [5.41, 5.74) is 2.58. The first-order valence-electron chi connectivity index (χ1n) is 9.58. The molecule has 0 saturated carbocycles. The fourth-order valence-electron chi connectivity index (χ4n) is 3.14. The molecule has 2 rings (SSSR count). The van der Waals surface area contributed by atoms with Crippen molar-refractivity contribution in [3.8, 4) is 11.5 Å². The van der Waals surface area contributed by atoms with E-state index in [2.05, 4.69) is 0 Å². The summed E-state index contributed by atoms with van der Waals surface area (Å²) in [6.07, 6.45) is 6.60. The van der Waals surface area contributed by atoms with Gasteiger partial charge in [-0.25, -0.2) is 4.79 Å². The first-order valence-corrected chi connectivity index (χ1v) is 9.58. The summed E-state index contributed by atoms with van der Waals surface area (Å²) in [7, 11) is 0. The van der Waals surface area contributed by atoms with Crippen LogP contribution in [0, 0.1) is 0 Å². The van der Waals surface area contributed by atoms with Crippen LogP contribution in [0.1, 0.15) is 58.9 Å². The minimum Gasteiger partial charge on any atom is -0.508 e. The number of phenols is 1. The van der Waals surface area contributed by atoms with Crippen LogP contribution in [-0.2, 0) is 4.79 Å². The Morgan fingerprint density at radius 2 is 1.83 bits per heavy atom. The Bertz CT molecular complexity index is 1060. The van der Waals surface area contributed by atoms with Crippen LogP contribution >= 0.6 is 0 Å². The van der Waals surface area contributed by atoms with Gasteiger partial charge in [0.05, 0.1) is 10.9 Å². The summed E-state index contributed by atoms with van der Waals surface area (Å²) < 4.78 is 5.29. The minimum atomic E-state index is -0.625. The molecule has 0 bridgehead atoms. The van der Waals surface area contributed by atoms with E-state index in [1.165, 1.54) is 18.2 Å². The zero-order valence-electron chi connectivity index (χ0n) is 17.6. The van der Waals surface area contributed by atoms with Gasteiger partial charge in [-0.1, -0.05) is 35.8 Å². The van der Waals surface area contributed by atoms with Crippen LogP contribution in [0.25, 0.3) is 11.0 Å². The molecular weight excluding hydrogens is 368 g/mol. The Kier molecular flexibility index (Phi) is 7.21. The lowest BCUT2D eigenvalue weighted by molar-refractivity contribution is -0.114. The monoisotopic (exact) mass is 396 g/mol. The maximum absolute atomic E-state index is 12.4. The van der Waals surface area contributed by atoms with Crippen LogP contribution < -0.4 is 5.63 Å². The SMILES string of the molecule is CC(C)=CC(=O)CC(C)=CCC=C(C)[C@H](C)c1c(O)c2ccc(O)cc2oc1=O. The Hall–Kier alpha value is -3.08. The molecule has 154 valence electrons. The Balaban J connectivity index is 2.21. The van der Waals surface area contributed by atoms with Gasteiger partial charge in [-0.3, -0.25) is 4.79 Å². The van der Waals surface area contributed by atoms with Crippen LogP contribution in [0.2, 0.25) is 0 Å². The van der Waals surface area contributed by atoms with E-state index in [0.29, 0.717) is 18.2 Å². The smallest absolute Gasteiger partial charge is 0.343 e. The molecule has 0 aliphatic heterocycles. The lowest BCUT2D eigenvalue weighted by Gasteiger charge is -2.14. The molecule has 0 unspecified atom stereocenters. The van der Waals surface area contributed by atoms with Gasteiger partial charge in [-0.15, -0.1) is 0 Å². The van der Waals surface area contributed by atoms with E-state index in [-0.39, 0.29) is 34.3 Å². The summed E-state index contributed by atoms with van der Waals surface area (Å²) in [5.74, 6) is -0.430. The standard InChI is InChI=1S/C24H28O5/c1-14(2)11-19(26)12-15(3)7-6-8-16(4)17(5)22-23(27)20-10-9-18(25)13-21(20)29-24(22)28/h7-11,13,17,25,27H,6,12H2,1-5H3/t17-/m0/s1. The molecule has 0 amide bonds. The molecule has 1 aromatic carbocycles. The summed E-state index contributed by atoms with van der Waals surface area (Å²) in [5, 5.41) is 20.5. The van der Waals surface area contributed by atoms with Crippen LogP contribution in [-0.4, -0.2) is 16.0 Å². The summed E-state index contributed by atoms with van der Waals surface area (Å²) in [6, 6.07) is 4.26. The number of aromatic hydroxyl groups is 2. The van der Waals surface area contributed by atoms with Gasteiger partial charge in [-0.2, -0.15) is 0 Å². The predicted molar refractivity (Wildman–Crippen MR) is 115 cm³/mol.